The van der Waals surface area contributed by atoms with E-state index in [1.165, 1.54) is 18.6 Å². The van der Waals surface area contributed by atoms with Crippen LogP contribution >= 0.6 is 0 Å². The van der Waals surface area contributed by atoms with Crippen LogP contribution in [-0.4, -0.2) is 55.0 Å². The van der Waals surface area contributed by atoms with Crippen LogP contribution < -0.4 is 10.9 Å². The van der Waals surface area contributed by atoms with Crippen molar-refractivity contribution in [2.24, 2.45) is 11.8 Å². The highest BCUT2D eigenvalue weighted by Gasteiger charge is 2.57. The number of fused-ring (bicyclic) bond motifs is 4. The molecule has 0 spiro atoms. The van der Waals surface area contributed by atoms with E-state index in [0.29, 0.717) is 11.3 Å². The van der Waals surface area contributed by atoms with Crippen LogP contribution in [0.5, 0.6) is 0 Å². The first-order valence-corrected chi connectivity index (χ1v) is 11.9. The summed E-state index contributed by atoms with van der Waals surface area (Å²) in [7, 11) is 0. The molecule has 2 fully saturated rings. The van der Waals surface area contributed by atoms with Gasteiger partial charge in [-0.05, 0) is 31.9 Å². The molecule has 9 heteroatoms. The molecule has 1 aliphatic carbocycles. The maximum absolute atomic E-state index is 13.6. The van der Waals surface area contributed by atoms with Gasteiger partial charge in [-0.3, -0.25) is 19.4 Å². The van der Waals surface area contributed by atoms with Gasteiger partial charge in [0.1, 0.15) is 5.69 Å². The molecule has 2 aliphatic heterocycles. The van der Waals surface area contributed by atoms with E-state index in [1.807, 2.05) is 13.0 Å². The number of hydrogen-bond acceptors (Lipinski definition) is 6. The van der Waals surface area contributed by atoms with Crippen molar-refractivity contribution in [3.63, 3.8) is 0 Å². The molecule has 1 saturated heterocycles. The van der Waals surface area contributed by atoms with Gasteiger partial charge < -0.3 is 19.9 Å². The van der Waals surface area contributed by atoms with E-state index in [2.05, 4.69) is 15.3 Å². The molecule has 178 valence electrons. The average Bonchev–Trinajstić information content (AvgIpc) is 3.44. The van der Waals surface area contributed by atoms with E-state index in [9.17, 15) is 19.5 Å². The van der Waals surface area contributed by atoms with Gasteiger partial charge in [-0.1, -0.05) is 25.0 Å². The topological polar surface area (TPSA) is 117 Å². The van der Waals surface area contributed by atoms with Crippen molar-refractivity contribution in [2.75, 3.05) is 6.61 Å². The van der Waals surface area contributed by atoms with Crippen LogP contribution in [0.4, 0.5) is 0 Å². The molecule has 2 amide bonds. The highest BCUT2D eigenvalue weighted by atomic mass is 16.3. The molecule has 3 aliphatic rings. The first-order chi connectivity index (χ1) is 16.5. The second-order valence-corrected chi connectivity index (χ2v) is 9.31. The number of aliphatic hydroxyl groups is 1. The van der Waals surface area contributed by atoms with Gasteiger partial charge in [-0.2, -0.15) is 0 Å². The molecule has 2 N–H and O–H groups in total. The summed E-state index contributed by atoms with van der Waals surface area (Å²) in [6.45, 7) is 1.79. The van der Waals surface area contributed by atoms with Crippen LogP contribution in [0, 0.1) is 11.8 Å². The first-order valence-electron chi connectivity index (χ1n) is 11.9. The van der Waals surface area contributed by atoms with E-state index >= 15 is 0 Å². The fraction of sp³-hybridized carbons (Fsp3) is 0.480. The van der Waals surface area contributed by atoms with Gasteiger partial charge in [-0.15, -0.1) is 0 Å². The lowest BCUT2D eigenvalue weighted by Crippen LogP contribution is -2.49. The third-order valence-electron chi connectivity index (χ3n) is 7.44. The van der Waals surface area contributed by atoms with Crippen molar-refractivity contribution in [3.8, 4) is 0 Å². The Hall–Kier alpha value is -3.33. The highest BCUT2D eigenvalue weighted by molar-refractivity contribution is 5.94. The van der Waals surface area contributed by atoms with Gasteiger partial charge in [0.2, 0.25) is 5.91 Å². The summed E-state index contributed by atoms with van der Waals surface area (Å²) >= 11 is 0. The van der Waals surface area contributed by atoms with Crippen molar-refractivity contribution in [1.82, 2.24) is 24.8 Å². The number of pyridine rings is 1. The quantitative estimate of drug-likeness (QED) is 0.695. The third-order valence-corrected chi connectivity index (χ3v) is 7.44. The Morgan fingerprint density at radius 3 is 2.71 bits per heavy atom. The number of carbonyl (C=O) groups is 2. The van der Waals surface area contributed by atoms with Crippen LogP contribution in [-0.2, 0) is 11.3 Å². The van der Waals surface area contributed by atoms with E-state index in [0.717, 1.165) is 25.7 Å². The molecule has 0 radical (unpaired) electrons. The summed E-state index contributed by atoms with van der Waals surface area (Å²) in [6, 6.07) is 2.46. The van der Waals surface area contributed by atoms with Crippen molar-refractivity contribution >= 4 is 17.9 Å². The molecule has 34 heavy (non-hydrogen) atoms. The van der Waals surface area contributed by atoms with E-state index in [4.69, 9.17) is 0 Å². The SMILES string of the molecule is C/C=C\c1ccc2n(c1=O)C[C@@H]1[C@@H](CO)[C@H](C(=O)NC3CCCC3)[C@H]2N1C(=O)c1cnccn1. The number of hydrogen-bond donors (Lipinski definition) is 2. The smallest absolute Gasteiger partial charge is 0.274 e. The molecule has 2 aromatic rings. The molecule has 1 saturated carbocycles. The maximum atomic E-state index is 13.6. The Kier molecular flexibility index (Phi) is 6.03. The number of nitrogens with zero attached hydrogens (tertiary/aromatic N) is 4. The lowest BCUT2D eigenvalue weighted by atomic mass is 9.86. The van der Waals surface area contributed by atoms with Gasteiger partial charge in [0, 0.05) is 48.8 Å². The number of allylic oxidation sites excluding steroid dienone is 1. The Morgan fingerprint density at radius 2 is 2.03 bits per heavy atom. The fourth-order valence-corrected chi connectivity index (χ4v) is 5.92. The van der Waals surface area contributed by atoms with Crippen LogP contribution in [0.2, 0.25) is 0 Å². The molecule has 4 atom stereocenters. The van der Waals surface area contributed by atoms with Crippen molar-refractivity contribution in [2.45, 2.75) is 57.3 Å². The Labute approximate surface area is 197 Å². The second-order valence-electron chi connectivity index (χ2n) is 9.31. The van der Waals surface area contributed by atoms with Gasteiger partial charge in [-0.25, -0.2) is 4.98 Å². The molecule has 2 aromatic heterocycles. The number of amides is 2. The zero-order valence-corrected chi connectivity index (χ0v) is 19.1. The monoisotopic (exact) mass is 463 g/mol. The van der Waals surface area contributed by atoms with E-state index < -0.39 is 23.9 Å². The second kappa shape index (κ2) is 9.13. The highest BCUT2D eigenvalue weighted by Crippen LogP contribution is 2.49. The minimum absolute atomic E-state index is 0.107. The van der Waals surface area contributed by atoms with E-state index in [1.54, 1.807) is 27.7 Å². The third kappa shape index (κ3) is 3.64. The lowest BCUT2D eigenvalue weighted by molar-refractivity contribution is -0.128. The average molecular weight is 464 g/mol. The van der Waals surface area contributed by atoms with Crippen LogP contribution in [0.1, 0.15) is 60.4 Å². The van der Waals surface area contributed by atoms with Crippen molar-refractivity contribution in [1.29, 1.82) is 0 Å². The largest absolute Gasteiger partial charge is 0.396 e. The molecule has 0 aromatic carbocycles. The number of carbonyl (C=O) groups excluding carboxylic acids is 2. The first kappa shape index (κ1) is 22.5. The normalized spacial score (nSPS) is 26.1. The summed E-state index contributed by atoms with van der Waals surface area (Å²) < 4.78 is 1.66. The molecule has 0 unspecified atom stereocenters. The predicted molar refractivity (Wildman–Crippen MR) is 125 cm³/mol. The van der Waals surface area contributed by atoms with Gasteiger partial charge in [0.25, 0.3) is 11.5 Å². The van der Waals surface area contributed by atoms with E-state index in [-0.39, 0.29) is 42.3 Å². The molecule has 5 rings (SSSR count). The Morgan fingerprint density at radius 1 is 1.24 bits per heavy atom. The minimum atomic E-state index is -0.681. The fourth-order valence-electron chi connectivity index (χ4n) is 5.92. The maximum Gasteiger partial charge on any atom is 0.274 e. The van der Waals surface area contributed by atoms with Gasteiger partial charge in [0.15, 0.2) is 0 Å². The van der Waals surface area contributed by atoms with Crippen molar-refractivity contribution < 1.29 is 14.7 Å². The lowest BCUT2D eigenvalue weighted by Gasteiger charge is -2.38. The number of rotatable bonds is 5. The summed E-state index contributed by atoms with van der Waals surface area (Å²) in [4.78, 5) is 50.3. The Bertz CT molecular complexity index is 1170. The van der Waals surface area contributed by atoms with Crippen molar-refractivity contribution in [3.05, 3.63) is 64.1 Å². The summed E-state index contributed by atoms with van der Waals surface area (Å²) in [5.41, 5.74) is 1.17. The van der Waals surface area contributed by atoms with Crippen LogP contribution in [0.15, 0.2) is 41.6 Å². The Balaban J connectivity index is 1.61. The minimum Gasteiger partial charge on any atom is -0.396 e. The molecular weight excluding hydrogens is 434 g/mol. The molecular formula is C25H29N5O4. The molecule has 4 heterocycles. The standard InChI is InChI=1S/C25H29N5O4/c1-2-5-15-8-9-19-22-21(23(32)28-16-6-3-4-7-16)17(14-31)20(13-29(19)24(15)33)30(22)25(34)18-12-26-10-11-27-18/h2,5,8-12,16-17,20-22,31H,3-4,6-7,13-14H2,1H3,(H,28,32)/b5-2-/t17-,20-,21+,22+/m1/s1. The molecule has 2 bridgehead atoms. The van der Waals surface area contributed by atoms with Crippen LogP contribution in [0.3, 0.4) is 0 Å². The summed E-state index contributed by atoms with van der Waals surface area (Å²) in [5.74, 6) is -1.70. The zero-order chi connectivity index (χ0) is 23.8. The molecule has 9 nitrogen and oxygen atoms in total. The predicted octanol–water partition coefficient (Wildman–Crippen LogP) is 1.53. The number of aromatic nitrogens is 3. The van der Waals surface area contributed by atoms with Gasteiger partial charge in [0.05, 0.1) is 24.2 Å². The number of aliphatic hydroxyl groups excluding tert-OH is 1. The van der Waals surface area contributed by atoms with Gasteiger partial charge >= 0.3 is 0 Å². The zero-order valence-electron chi connectivity index (χ0n) is 19.1. The van der Waals surface area contributed by atoms with Crippen LogP contribution in [0.25, 0.3) is 6.08 Å². The summed E-state index contributed by atoms with van der Waals surface area (Å²) in [6.07, 6.45) is 11.9. The summed E-state index contributed by atoms with van der Waals surface area (Å²) in [5, 5.41) is 13.6. The number of nitrogens with one attached hydrogen (secondary N) is 1.